The number of rotatable bonds is 5. The molecule has 1 amide bonds. The Kier molecular flexibility index (Phi) is 5.54. The van der Waals surface area contributed by atoms with Crippen molar-refractivity contribution >= 4 is 5.91 Å². The Morgan fingerprint density at radius 3 is 2.90 bits per heavy atom. The molecule has 0 bridgehead atoms. The zero-order chi connectivity index (χ0) is 15.2. The lowest BCUT2D eigenvalue weighted by atomic mass is 9.96. The number of carbonyl (C=O) groups is 1. The number of hydrogen-bond acceptors (Lipinski definition) is 2. The minimum absolute atomic E-state index is 0.177. The molecule has 0 N–H and O–H groups in total. The van der Waals surface area contributed by atoms with Crippen LogP contribution in [-0.4, -0.2) is 28.9 Å². The van der Waals surface area contributed by atoms with Gasteiger partial charge in [-0.2, -0.15) is 0 Å². The van der Waals surface area contributed by atoms with Crippen molar-refractivity contribution in [1.29, 1.82) is 0 Å². The summed E-state index contributed by atoms with van der Waals surface area (Å²) in [6.07, 6.45) is 10.2. The third-order valence-corrected chi connectivity index (χ3v) is 4.29. The van der Waals surface area contributed by atoms with E-state index < -0.39 is 0 Å². The van der Waals surface area contributed by atoms with Crippen LogP contribution in [0.2, 0.25) is 0 Å². The maximum Gasteiger partial charge on any atom is 0.226 e. The van der Waals surface area contributed by atoms with Gasteiger partial charge in [0.25, 0.3) is 0 Å². The molecule has 0 radical (unpaired) electrons. The number of pyridine rings is 1. The van der Waals surface area contributed by atoms with Crippen molar-refractivity contribution in [3.63, 3.8) is 0 Å². The van der Waals surface area contributed by atoms with Crippen molar-refractivity contribution in [2.75, 3.05) is 7.05 Å². The summed E-state index contributed by atoms with van der Waals surface area (Å²) in [6.45, 7) is 4.16. The van der Waals surface area contributed by atoms with Gasteiger partial charge in [-0.05, 0) is 57.2 Å². The zero-order valence-corrected chi connectivity index (χ0v) is 13.4. The van der Waals surface area contributed by atoms with E-state index in [0.717, 1.165) is 25.0 Å². The number of nitrogens with zero attached hydrogens (tertiary/aromatic N) is 2. The minimum atomic E-state index is 0.177. The van der Waals surface area contributed by atoms with E-state index in [1.54, 1.807) is 0 Å². The topological polar surface area (TPSA) is 33.2 Å². The molecule has 1 aromatic heterocycles. The molecule has 0 saturated carbocycles. The summed E-state index contributed by atoms with van der Waals surface area (Å²) in [5.41, 5.74) is 3.59. The third-order valence-electron chi connectivity index (χ3n) is 4.29. The maximum atomic E-state index is 12.4. The summed E-state index contributed by atoms with van der Waals surface area (Å²) in [5.74, 6) is 0.225. The SMILES string of the molecule is Cc1ccnc(C[C@H](C)N(C)C(=O)CC2=CCCCC2)c1. The van der Waals surface area contributed by atoms with Crippen molar-refractivity contribution in [1.82, 2.24) is 9.88 Å². The van der Waals surface area contributed by atoms with Crippen LogP contribution >= 0.6 is 0 Å². The van der Waals surface area contributed by atoms with Gasteiger partial charge in [-0.1, -0.05) is 11.6 Å². The van der Waals surface area contributed by atoms with Crippen LogP contribution in [-0.2, 0) is 11.2 Å². The Morgan fingerprint density at radius 2 is 2.24 bits per heavy atom. The number of amides is 1. The highest BCUT2D eigenvalue weighted by Crippen LogP contribution is 2.21. The first-order chi connectivity index (χ1) is 10.1. The fourth-order valence-electron chi connectivity index (χ4n) is 2.78. The number of allylic oxidation sites excluding steroid dienone is 1. The summed E-state index contributed by atoms with van der Waals surface area (Å²) in [6, 6.07) is 4.27. The van der Waals surface area contributed by atoms with Gasteiger partial charge in [0.2, 0.25) is 5.91 Å². The molecule has 1 atom stereocenters. The van der Waals surface area contributed by atoms with Crippen molar-refractivity contribution in [3.05, 3.63) is 41.2 Å². The number of likely N-dealkylation sites (N-methyl/N-ethyl adjacent to an activating group) is 1. The molecule has 2 rings (SSSR count). The van der Waals surface area contributed by atoms with Gasteiger partial charge in [0, 0.05) is 37.8 Å². The molecule has 114 valence electrons. The van der Waals surface area contributed by atoms with E-state index in [9.17, 15) is 4.79 Å². The number of hydrogen-bond donors (Lipinski definition) is 0. The van der Waals surface area contributed by atoms with Gasteiger partial charge in [-0.3, -0.25) is 9.78 Å². The highest BCUT2D eigenvalue weighted by molar-refractivity contribution is 5.78. The first kappa shape index (κ1) is 15.7. The standard InChI is InChI=1S/C18H26N2O/c1-14-9-10-19-17(11-14)12-15(2)20(3)18(21)13-16-7-5-4-6-8-16/h7,9-11,15H,4-6,8,12-13H2,1-3H3/t15-/m0/s1. The molecule has 0 aliphatic heterocycles. The summed E-state index contributed by atoms with van der Waals surface area (Å²) in [5, 5.41) is 0. The third kappa shape index (κ3) is 4.69. The van der Waals surface area contributed by atoms with Gasteiger partial charge in [0.1, 0.15) is 0 Å². The molecule has 0 saturated heterocycles. The van der Waals surface area contributed by atoms with Crippen LogP contribution in [0.1, 0.15) is 50.3 Å². The lowest BCUT2D eigenvalue weighted by Crippen LogP contribution is -2.36. The van der Waals surface area contributed by atoms with Gasteiger partial charge in [0.15, 0.2) is 0 Å². The van der Waals surface area contributed by atoms with Crippen molar-refractivity contribution < 1.29 is 4.79 Å². The molecule has 1 heterocycles. The van der Waals surface area contributed by atoms with Crippen molar-refractivity contribution in [2.24, 2.45) is 0 Å². The maximum absolute atomic E-state index is 12.4. The first-order valence-electron chi connectivity index (χ1n) is 7.91. The lowest BCUT2D eigenvalue weighted by molar-refractivity contribution is -0.130. The molecule has 1 aliphatic rings. The highest BCUT2D eigenvalue weighted by Gasteiger charge is 2.18. The zero-order valence-electron chi connectivity index (χ0n) is 13.4. The predicted octanol–water partition coefficient (Wildman–Crippen LogP) is 3.67. The van der Waals surface area contributed by atoms with Gasteiger partial charge < -0.3 is 4.90 Å². The Morgan fingerprint density at radius 1 is 1.43 bits per heavy atom. The second-order valence-electron chi connectivity index (χ2n) is 6.17. The number of aryl methyl sites for hydroxylation is 1. The van der Waals surface area contributed by atoms with Gasteiger partial charge in [-0.25, -0.2) is 0 Å². The van der Waals surface area contributed by atoms with Crippen LogP contribution in [0.15, 0.2) is 30.0 Å². The van der Waals surface area contributed by atoms with E-state index in [4.69, 9.17) is 0 Å². The van der Waals surface area contributed by atoms with E-state index >= 15 is 0 Å². The molecule has 0 fully saturated rings. The molecule has 0 aromatic carbocycles. The fourth-order valence-corrected chi connectivity index (χ4v) is 2.78. The molecule has 0 unspecified atom stereocenters. The summed E-state index contributed by atoms with van der Waals surface area (Å²) in [4.78, 5) is 18.6. The molecule has 21 heavy (non-hydrogen) atoms. The second-order valence-corrected chi connectivity index (χ2v) is 6.17. The lowest BCUT2D eigenvalue weighted by Gasteiger charge is -2.26. The minimum Gasteiger partial charge on any atom is -0.342 e. The average Bonchev–Trinajstić information content (AvgIpc) is 2.47. The second kappa shape index (κ2) is 7.39. The smallest absolute Gasteiger partial charge is 0.226 e. The van der Waals surface area contributed by atoms with Crippen molar-refractivity contribution in [3.8, 4) is 0 Å². The van der Waals surface area contributed by atoms with Crippen LogP contribution in [0.3, 0.4) is 0 Å². The fraction of sp³-hybridized carbons (Fsp3) is 0.556. The summed E-state index contributed by atoms with van der Waals surface area (Å²) >= 11 is 0. The van der Waals surface area contributed by atoms with E-state index in [0.29, 0.717) is 6.42 Å². The van der Waals surface area contributed by atoms with Gasteiger partial charge >= 0.3 is 0 Å². The van der Waals surface area contributed by atoms with Crippen LogP contribution in [0, 0.1) is 6.92 Å². The Bertz CT molecular complexity index is 522. The van der Waals surface area contributed by atoms with E-state index in [1.165, 1.54) is 24.0 Å². The van der Waals surface area contributed by atoms with E-state index in [1.807, 2.05) is 24.2 Å². The molecular formula is C18H26N2O. The van der Waals surface area contributed by atoms with Crippen LogP contribution in [0.5, 0.6) is 0 Å². The first-order valence-corrected chi connectivity index (χ1v) is 7.91. The molecule has 0 spiro atoms. The van der Waals surface area contributed by atoms with Gasteiger partial charge in [-0.15, -0.1) is 0 Å². The Hall–Kier alpha value is -1.64. The van der Waals surface area contributed by atoms with Crippen LogP contribution in [0.25, 0.3) is 0 Å². The summed E-state index contributed by atoms with van der Waals surface area (Å²) < 4.78 is 0. The molecular weight excluding hydrogens is 260 g/mol. The molecule has 3 heteroatoms. The molecule has 3 nitrogen and oxygen atoms in total. The quantitative estimate of drug-likeness (QED) is 0.774. The van der Waals surface area contributed by atoms with Crippen molar-refractivity contribution in [2.45, 2.75) is 58.4 Å². The number of aromatic nitrogens is 1. The summed E-state index contributed by atoms with van der Waals surface area (Å²) in [7, 11) is 1.91. The monoisotopic (exact) mass is 286 g/mol. The highest BCUT2D eigenvalue weighted by atomic mass is 16.2. The average molecular weight is 286 g/mol. The van der Waals surface area contributed by atoms with Crippen LogP contribution < -0.4 is 0 Å². The largest absolute Gasteiger partial charge is 0.342 e. The molecule has 1 aliphatic carbocycles. The predicted molar refractivity (Wildman–Crippen MR) is 86.1 cm³/mol. The molecule has 1 aromatic rings. The Labute approximate surface area is 128 Å². The van der Waals surface area contributed by atoms with E-state index in [-0.39, 0.29) is 11.9 Å². The van der Waals surface area contributed by atoms with Gasteiger partial charge in [0.05, 0.1) is 0 Å². The van der Waals surface area contributed by atoms with Crippen LogP contribution in [0.4, 0.5) is 0 Å². The Balaban J connectivity index is 1.90. The normalized spacial score (nSPS) is 16.2. The van der Waals surface area contributed by atoms with E-state index in [2.05, 4.69) is 31.0 Å². The number of carbonyl (C=O) groups excluding carboxylic acids is 1.